The second-order valence-electron chi connectivity index (χ2n) is 6.79. The van der Waals surface area contributed by atoms with E-state index in [-0.39, 0.29) is 18.5 Å². The molecular formula is C20H23N3O5. The first-order chi connectivity index (χ1) is 13.5. The van der Waals surface area contributed by atoms with Gasteiger partial charge in [-0.25, -0.2) is 4.79 Å². The molecule has 0 radical (unpaired) electrons. The van der Waals surface area contributed by atoms with E-state index >= 15 is 0 Å². The van der Waals surface area contributed by atoms with E-state index in [2.05, 4.69) is 4.98 Å². The van der Waals surface area contributed by atoms with Crippen LogP contribution in [0.15, 0.2) is 52.2 Å². The summed E-state index contributed by atoms with van der Waals surface area (Å²) in [4.78, 5) is 51.4. The first kappa shape index (κ1) is 19.6. The van der Waals surface area contributed by atoms with Crippen LogP contribution in [0.25, 0.3) is 0 Å². The van der Waals surface area contributed by atoms with Crippen molar-refractivity contribution in [3.8, 4) is 0 Å². The molecule has 1 heterocycles. The van der Waals surface area contributed by atoms with Crippen molar-refractivity contribution in [2.45, 2.75) is 44.7 Å². The van der Waals surface area contributed by atoms with E-state index < -0.39 is 23.8 Å². The molecule has 1 N–H and O–H groups in total. The summed E-state index contributed by atoms with van der Waals surface area (Å²) in [6, 6.07) is 10.6. The fraction of sp³-hybridized carbons (Fsp3) is 0.400. The van der Waals surface area contributed by atoms with Gasteiger partial charge in [0.05, 0.1) is 0 Å². The topological polar surface area (TPSA) is 101 Å². The Balaban J connectivity index is 1.65. The van der Waals surface area contributed by atoms with Crippen molar-refractivity contribution in [2.75, 3.05) is 11.5 Å². The Kier molecular flexibility index (Phi) is 6.41. The van der Waals surface area contributed by atoms with Crippen molar-refractivity contribution in [3.05, 3.63) is 63.4 Å². The van der Waals surface area contributed by atoms with Gasteiger partial charge in [-0.3, -0.25) is 23.9 Å². The summed E-state index contributed by atoms with van der Waals surface area (Å²) in [5.74, 6) is -1.01. The zero-order valence-electron chi connectivity index (χ0n) is 15.5. The molecule has 3 rings (SSSR count). The molecule has 1 aromatic carbocycles. The van der Waals surface area contributed by atoms with Crippen molar-refractivity contribution in [3.63, 3.8) is 0 Å². The second kappa shape index (κ2) is 9.16. The van der Waals surface area contributed by atoms with Crippen molar-refractivity contribution in [1.82, 2.24) is 9.55 Å². The molecule has 8 nitrogen and oxygen atoms in total. The molecule has 28 heavy (non-hydrogen) atoms. The molecule has 0 saturated heterocycles. The number of hydrogen-bond acceptors (Lipinski definition) is 5. The summed E-state index contributed by atoms with van der Waals surface area (Å²) >= 11 is 0. The van der Waals surface area contributed by atoms with Gasteiger partial charge in [-0.05, 0) is 25.0 Å². The van der Waals surface area contributed by atoms with E-state index in [1.165, 1.54) is 6.20 Å². The maximum atomic E-state index is 12.8. The number of nitrogens with one attached hydrogen (secondary N) is 1. The summed E-state index contributed by atoms with van der Waals surface area (Å²) < 4.78 is 6.12. The first-order valence-electron chi connectivity index (χ1n) is 9.37. The monoisotopic (exact) mass is 385 g/mol. The number of aromatic nitrogens is 2. The maximum absolute atomic E-state index is 12.8. The Morgan fingerprint density at radius 2 is 1.79 bits per heavy atom. The van der Waals surface area contributed by atoms with E-state index in [1.54, 1.807) is 4.90 Å². The third-order valence-electron chi connectivity index (χ3n) is 4.80. The quantitative estimate of drug-likeness (QED) is 0.759. The van der Waals surface area contributed by atoms with Gasteiger partial charge < -0.3 is 9.64 Å². The molecule has 0 aliphatic heterocycles. The lowest BCUT2D eigenvalue weighted by molar-refractivity contribution is -0.148. The molecule has 1 aliphatic rings. The Bertz CT molecular complexity index is 929. The van der Waals surface area contributed by atoms with Gasteiger partial charge in [0.2, 0.25) is 0 Å². The van der Waals surface area contributed by atoms with Crippen LogP contribution in [0.3, 0.4) is 0 Å². The molecule has 0 spiro atoms. The minimum absolute atomic E-state index is 0.0872. The normalized spacial score (nSPS) is 14.4. The minimum atomic E-state index is -0.723. The lowest BCUT2D eigenvalue weighted by atomic mass is 9.93. The van der Waals surface area contributed by atoms with Gasteiger partial charge in [-0.2, -0.15) is 0 Å². The Labute approximate surface area is 161 Å². The number of amides is 1. The predicted molar refractivity (Wildman–Crippen MR) is 103 cm³/mol. The minimum Gasteiger partial charge on any atom is -0.454 e. The highest BCUT2D eigenvalue weighted by Gasteiger charge is 2.27. The molecule has 2 aromatic rings. The highest BCUT2D eigenvalue weighted by molar-refractivity contribution is 5.95. The smallest absolute Gasteiger partial charge is 0.328 e. The van der Waals surface area contributed by atoms with Gasteiger partial charge in [0, 0.05) is 24.0 Å². The van der Waals surface area contributed by atoms with Crippen molar-refractivity contribution in [2.24, 2.45) is 0 Å². The molecule has 1 saturated carbocycles. The molecule has 0 bridgehead atoms. The predicted octanol–water partition coefficient (Wildman–Crippen LogP) is 1.45. The molecule has 8 heteroatoms. The largest absolute Gasteiger partial charge is 0.454 e. The standard InChI is InChI=1S/C20H23N3O5/c24-17-11-12-22(20(27)21-17)13-19(26)28-14-18(25)23(15-7-3-1-4-8-15)16-9-5-2-6-10-16/h1,3-4,7-8,11-12,16H,2,5-6,9-10,13-14H2,(H,21,24,27). The van der Waals surface area contributed by atoms with Gasteiger partial charge >= 0.3 is 11.7 Å². The van der Waals surface area contributed by atoms with Crippen LogP contribution in [0.4, 0.5) is 5.69 Å². The molecule has 1 aliphatic carbocycles. The second-order valence-corrected chi connectivity index (χ2v) is 6.79. The van der Waals surface area contributed by atoms with Crippen molar-refractivity contribution >= 4 is 17.6 Å². The van der Waals surface area contributed by atoms with E-state index in [0.29, 0.717) is 0 Å². The maximum Gasteiger partial charge on any atom is 0.328 e. The molecule has 148 valence electrons. The summed E-state index contributed by atoms with van der Waals surface area (Å²) in [5, 5.41) is 0. The number of hydrogen-bond donors (Lipinski definition) is 1. The zero-order chi connectivity index (χ0) is 19.9. The molecular weight excluding hydrogens is 362 g/mol. The average molecular weight is 385 g/mol. The van der Waals surface area contributed by atoms with E-state index in [1.807, 2.05) is 30.3 Å². The Morgan fingerprint density at radius 3 is 2.46 bits per heavy atom. The lowest BCUT2D eigenvalue weighted by Crippen LogP contribution is -2.44. The number of ether oxygens (including phenoxy) is 1. The van der Waals surface area contributed by atoms with Crippen LogP contribution in [0.1, 0.15) is 32.1 Å². The number of nitrogens with zero attached hydrogens (tertiary/aromatic N) is 2. The van der Waals surface area contributed by atoms with Gasteiger partial charge in [0.1, 0.15) is 6.54 Å². The zero-order valence-corrected chi connectivity index (χ0v) is 15.5. The summed E-state index contributed by atoms with van der Waals surface area (Å²) in [5.41, 5.74) is -0.466. The van der Waals surface area contributed by atoms with Gasteiger partial charge in [-0.1, -0.05) is 37.5 Å². The number of benzene rings is 1. The molecule has 1 amide bonds. The number of para-hydroxylation sites is 1. The van der Waals surface area contributed by atoms with E-state index in [9.17, 15) is 19.2 Å². The third kappa shape index (κ3) is 4.97. The third-order valence-corrected chi connectivity index (χ3v) is 4.80. The van der Waals surface area contributed by atoms with E-state index in [0.717, 1.165) is 48.4 Å². The van der Waals surface area contributed by atoms with Crippen LogP contribution < -0.4 is 16.1 Å². The Hall–Kier alpha value is -3.16. The summed E-state index contributed by atoms with van der Waals surface area (Å²) in [6.07, 6.45) is 6.34. The molecule has 0 unspecified atom stereocenters. The molecule has 1 aromatic heterocycles. The fourth-order valence-corrected chi connectivity index (χ4v) is 3.45. The number of rotatable bonds is 6. The van der Waals surface area contributed by atoms with Gasteiger partial charge in [-0.15, -0.1) is 0 Å². The van der Waals surface area contributed by atoms with E-state index in [4.69, 9.17) is 4.74 Å². The van der Waals surface area contributed by atoms with Gasteiger partial charge in [0.15, 0.2) is 6.61 Å². The van der Waals surface area contributed by atoms with Crippen molar-refractivity contribution < 1.29 is 14.3 Å². The summed E-state index contributed by atoms with van der Waals surface area (Å²) in [7, 11) is 0. The van der Waals surface area contributed by atoms with Crippen LogP contribution in [0.2, 0.25) is 0 Å². The molecule has 1 fully saturated rings. The number of carbonyl (C=O) groups excluding carboxylic acids is 2. The Morgan fingerprint density at radius 1 is 1.07 bits per heavy atom. The SMILES string of the molecule is O=C(Cn1ccc(=O)[nH]c1=O)OCC(=O)N(c1ccccc1)C1CCCCC1. The number of esters is 1. The van der Waals surface area contributed by atoms with Crippen LogP contribution in [-0.4, -0.2) is 34.1 Å². The average Bonchev–Trinajstić information content (AvgIpc) is 2.70. The van der Waals surface area contributed by atoms with Gasteiger partial charge in [0.25, 0.3) is 11.5 Å². The fourth-order valence-electron chi connectivity index (χ4n) is 3.45. The van der Waals surface area contributed by atoms with Crippen LogP contribution in [0.5, 0.6) is 0 Å². The highest BCUT2D eigenvalue weighted by Crippen LogP contribution is 2.27. The highest BCUT2D eigenvalue weighted by atomic mass is 16.5. The number of carbonyl (C=O) groups is 2. The first-order valence-corrected chi connectivity index (χ1v) is 9.37. The summed E-state index contributed by atoms with van der Waals surface area (Å²) in [6.45, 7) is -0.778. The van der Waals surface area contributed by atoms with Crippen LogP contribution >= 0.6 is 0 Å². The van der Waals surface area contributed by atoms with Crippen LogP contribution in [0, 0.1) is 0 Å². The number of anilines is 1. The number of aromatic amines is 1. The number of H-pyrrole nitrogens is 1. The molecule has 0 atom stereocenters. The van der Waals surface area contributed by atoms with Crippen LogP contribution in [-0.2, 0) is 20.9 Å². The lowest BCUT2D eigenvalue weighted by Gasteiger charge is -2.34. The van der Waals surface area contributed by atoms with Crippen molar-refractivity contribution in [1.29, 1.82) is 0 Å².